The van der Waals surface area contributed by atoms with Gasteiger partial charge in [0.15, 0.2) is 0 Å². The lowest BCUT2D eigenvalue weighted by molar-refractivity contribution is -0.136. The second kappa shape index (κ2) is 6.41. The Balaban J connectivity index is 1.65. The third-order valence-corrected chi connectivity index (χ3v) is 4.99. The maximum absolute atomic E-state index is 12.7. The summed E-state index contributed by atoms with van der Waals surface area (Å²) in [5, 5.41) is 4.57. The number of likely N-dealkylation sites (N-methyl/N-ethyl adjacent to an activating group) is 1. The molecule has 0 radical (unpaired) electrons. The van der Waals surface area contributed by atoms with Crippen molar-refractivity contribution in [3.63, 3.8) is 0 Å². The van der Waals surface area contributed by atoms with Gasteiger partial charge in [-0.2, -0.15) is 5.10 Å². The number of aromatic nitrogens is 2. The van der Waals surface area contributed by atoms with Crippen LogP contribution < -0.4 is 0 Å². The molecular formula is C17H28N4O. The summed E-state index contributed by atoms with van der Waals surface area (Å²) in [6.07, 6.45) is 5.94. The molecule has 2 fully saturated rings. The first-order valence-corrected chi connectivity index (χ1v) is 8.55. The maximum atomic E-state index is 12.7. The number of carbonyl (C=O) groups excluding carboxylic acids is 1. The van der Waals surface area contributed by atoms with Crippen LogP contribution in [0, 0.1) is 13.8 Å². The van der Waals surface area contributed by atoms with E-state index in [-0.39, 0.29) is 0 Å². The molecule has 0 N–H and O–H groups in total. The number of nitrogens with zero attached hydrogens (tertiary/aromatic N) is 4. The van der Waals surface area contributed by atoms with Gasteiger partial charge >= 0.3 is 0 Å². The van der Waals surface area contributed by atoms with E-state index in [2.05, 4.69) is 39.6 Å². The fraction of sp³-hybridized carbons (Fsp3) is 0.765. The Morgan fingerprint density at radius 3 is 2.73 bits per heavy atom. The van der Waals surface area contributed by atoms with Gasteiger partial charge in [0.2, 0.25) is 5.91 Å². The second-order valence-corrected chi connectivity index (χ2v) is 6.99. The van der Waals surface area contributed by atoms with Crippen molar-refractivity contribution in [2.75, 3.05) is 20.1 Å². The van der Waals surface area contributed by atoms with Crippen molar-refractivity contribution in [2.24, 2.45) is 0 Å². The predicted molar refractivity (Wildman–Crippen MR) is 86.7 cm³/mol. The van der Waals surface area contributed by atoms with Crippen LogP contribution in [0.25, 0.3) is 0 Å². The highest BCUT2D eigenvalue weighted by molar-refractivity contribution is 5.78. The van der Waals surface area contributed by atoms with E-state index in [1.165, 1.54) is 25.0 Å². The standard InChI is InChI=1S/C17H28N4O/c1-13-10-14(2)21(18-13)11-16-6-4-5-9-20(16)17(22)12-19(3)15-7-8-15/h10,15-16H,4-9,11-12H2,1-3H3/t16-/m0/s1. The van der Waals surface area contributed by atoms with Crippen molar-refractivity contribution in [1.82, 2.24) is 19.6 Å². The number of hydrogen-bond donors (Lipinski definition) is 0. The minimum atomic E-state index is 0.292. The van der Waals surface area contributed by atoms with Gasteiger partial charge in [0, 0.05) is 18.3 Å². The van der Waals surface area contributed by atoms with E-state index in [0.29, 0.717) is 24.5 Å². The van der Waals surface area contributed by atoms with Crippen LogP contribution in [0.1, 0.15) is 43.5 Å². The molecule has 1 saturated heterocycles. The van der Waals surface area contributed by atoms with E-state index in [4.69, 9.17) is 0 Å². The first-order chi connectivity index (χ1) is 10.5. The van der Waals surface area contributed by atoms with Gasteiger partial charge in [-0.1, -0.05) is 0 Å². The quantitative estimate of drug-likeness (QED) is 0.835. The van der Waals surface area contributed by atoms with E-state index < -0.39 is 0 Å². The van der Waals surface area contributed by atoms with Crippen molar-refractivity contribution >= 4 is 5.91 Å². The van der Waals surface area contributed by atoms with E-state index >= 15 is 0 Å². The summed E-state index contributed by atoms with van der Waals surface area (Å²) in [6, 6.07) is 3.05. The summed E-state index contributed by atoms with van der Waals surface area (Å²) in [4.78, 5) is 17.0. The molecule has 5 nitrogen and oxygen atoms in total. The van der Waals surface area contributed by atoms with Crippen LogP contribution in [0.4, 0.5) is 0 Å². The lowest BCUT2D eigenvalue weighted by Gasteiger charge is -2.37. The van der Waals surface area contributed by atoms with Gasteiger partial charge < -0.3 is 4.90 Å². The van der Waals surface area contributed by atoms with Gasteiger partial charge in [-0.3, -0.25) is 14.4 Å². The summed E-state index contributed by atoms with van der Waals surface area (Å²) in [5.41, 5.74) is 2.24. The predicted octanol–water partition coefficient (Wildman–Crippen LogP) is 1.98. The Morgan fingerprint density at radius 1 is 1.32 bits per heavy atom. The van der Waals surface area contributed by atoms with Crippen LogP contribution in [0.2, 0.25) is 0 Å². The molecule has 1 saturated carbocycles. The lowest BCUT2D eigenvalue weighted by atomic mass is 10.0. The van der Waals surface area contributed by atoms with Gasteiger partial charge in [0.05, 0.1) is 24.8 Å². The fourth-order valence-electron chi connectivity index (χ4n) is 3.53. The zero-order valence-corrected chi connectivity index (χ0v) is 14.1. The summed E-state index contributed by atoms with van der Waals surface area (Å²) >= 11 is 0. The summed E-state index contributed by atoms with van der Waals surface area (Å²) < 4.78 is 2.07. The normalized spacial score (nSPS) is 22.4. The summed E-state index contributed by atoms with van der Waals surface area (Å²) in [5.74, 6) is 0.292. The van der Waals surface area contributed by atoms with Crippen molar-refractivity contribution in [2.45, 2.75) is 64.6 Å². The smallest absolute Gasteiger partial charge is 0.237 e. The molecule has 1 aromatic rings. The van der Waals surface area contributed by atoms with Gasteiger partial charge in [-0.25, -0.2) is 0 Å². The summed E-state index contributed by atoms with van der Waals surface area (Å²) in [6.45, 7) is 6.42. The van der Waals surface area contributed by atoms with Crippen LogP contribution in [0.3, 0.4) is 0 Å². The highest BCUT2D eigenvalue weighted by atomic mass is 16.2. The molecular weight excluding hydrogens is 276 g/mol. The first-order valence-electron chi connectivity index (χ1n) is 8.55. The van der Waals surface area contributed by atoms with Crippen LogP contribution in [0.15, 0.2) is 6.07 Å². The largest absolute Gasteiger partial charge is 0.337 e. The Hall–Kier alpha value is -1.36. The van der Waals surface area contributed by atoms with Crippen LogP contribution in [-0.4, -0.2) is 57.7 Å². The van der Waals surface area contributed by atoms with Gasteiger partial charge in [0.1, 0.15) is 0 Å². The fourth-order valence-corrected chi connectivity index (χ4v) is 3.53. The van der Waals surface area contributed by atoms with Crippen molar-refractivity contribution in [3.8, 4) is 0 Å². The Kier molecular flexibility index (Phi) is 4.52. The number of piperidine rings is 1. The molecule has 1 aromatic heterocycles. The first kappa shape index (κ1) is 15.5. The minimum absolute atomic E-state index is 0.292. The van der Waals surface area contributed by atoms with E-state index in [1.54, 1.807) is 0 Å². The molecule has 122 valence electrons. The lowest BCUT2D eigenvalue weighted by Crippen LogP contribution is -2.49. The molecule has 0 spiro atoms. The third-order valence-electron chi connectivity index (χ3n) is 4.99. The number of aryl methyl sites for hydroxylation is 2. The van der Waals surface area contributed by atoms with Crippen molar-refractivity contribution < 1.29 is 4.79 Å². The maximum Gasteiger partial charge on any atom is 0.237 e. The summed E-state index contributed by atoms with van der Waals surface area (Å²) in [7, 11) is 2.08. The Labute approximate surface area is 133 Å². The Morgan fingerprint density at radius 2 is 2.09 bits per heavy atom. The van der Waals surface area contributed by atoms with Gasteiger partial charge in [-0.15, -0.1) is 0 Å². The topological polar surface area (TPSA) is 41.4 Å². The zero-order valence-electron chi connectivity index (χ0n) is 14.1. The van der Waals surface area contributed by atoms with Gasteiger partial charge in [0.25, 0.3) is 0 Å². The number of carbonyl (C=O) groups is 1. The minimum Gasteiger partial charge on any atom is -0.337 e. The number of amides is 1. The number of hydrogen-bond acceptors (Lipinski definition) is 3. The SMILES string of the molecule is Cc1cc(C)n(C[C@@H]2CCCCN2C(=O)CN(C)C2CC2)n1. The highest BCUT2D eigenvalue weighted by Gasteiger charge is 2.32. The monoisotopic (exact) mass is 304 g/mol. The van der Waals surface area contributed by atoms with Gasteiger partial charge in [-0.05, 0) is 59.1 Å². The average Bonchev–Trinajstić information content (AvgIpc) is 3.27. The van der Waals surface area contributed by atoms with E-state index in [1.807, 2.05) is 6.92 Å². The molecule has 2 heterocycles. The Bertz CT molecular complexity index is 535. The number of rotatable bonds is 5. The van der Waals surface area contributed by atoms with Crippen LogP contribution >= 0.6 is 0 Å². The van der Waals surface area contributed by atoms with Crippen LogP contribution in [0.5, 0.6) is 0 Å². The van der Waals surface area contributed by atoms with E-state index in [9.17, 15) is 4.79 Å². The van der Waals surface area contributed by atoms with Crippen molar-refractivity contribution in [3.05, 3.63) is 17.5 Å². The molecule has 22 heavy (non-hydrogen) atoms. The van der Waals surface area contributed by atoms with Crippen molar-refractivity contribution in [1.29, 1.82) is 0 Å². The molecule has 0 bridgehead atoms. The van der Waals surface area contributed by atoms with Crippen LogP contribution in [-0.2, 0) is 11.3 Å². The molecule has 0 aromatic carbocycles. The molecule has 0 unspecified atom stereocenters. The molecule has 1 amide bonds. The van der Waals surface area contributed by atoms with E-state index in [0.717, 1.165) is 31.6 Å². The molecule has 1 atom stereocenters. The molecule has 5 heteroatoms. The zero-order chi connectivity index (χ0) is 15.7. The highest BCUT2D eigenvalue weighted by Crippen LogP contribution is 2.26. The molecule has 2 aliphatic rings. The molecule has 1 aliphatic carbocycles. The average molecular weight is 304 g/mol. The third kappa shape index (κ3) is 3.51. The number of likely N-dealkylation sites (tertiary alicyclic amines) is 1. The molecule has 1 aliphatic heterocycles. The second-order valence-electron chi connectivity index (χ2n) is 6.99. The molecule has 3 rings (SSSR count).